The van der Waals surface area contributed by atoms with Crippen LogP contribution in [0.1, 0.15) is 42.5 Å². The number of amides is 1. The van der Waals surface area contributed by atoms with Crippen LogP contribution in [0.5, 0.6) is 5.75 Å². The number of aromatic hydroxyl groups is 1. The molecule has 0 aliphatic heterocycles. The van der Waals surface area contributed by atoms with Crippen molar-refractivity contribution in [3.05, 3.63) is 28.8 Å². The molecule has 1 saturated carbocycles. The van der Waals surface area contributed by atoms with E-state index in [1.807, 2.05) is 0 Å². The zero-order chi connectivity index (χ0) is 13.7. The average molecular weight is 281 g/mol. The van der Waals surface area contributed by atoms with Gasteiger partial charge in [0, 0.05) is 11.2 Å². The molecule has 1 aliphatic rings. The van der Waals surface area contributed by atoms with Crippen molar-refractivity contribution in [2.75, 3.05) is 0 Å². The van der Waals surface area contributed by atoms with Crippen LogP contribution in [0.25, 0.3) is 0 Å². The fourth-order valence-electron chi connectivity index (χ4n) is 2.24. The Morgan fingerprint density at radius 3 is 2.79 bits per heavy atom. The average Bonchev–Trinajstić information content (AvgIpc) is 2.39. The first-order valence-corrected chi connectivity index (χ1v) is 6.86. The second-order valence-corrected chi connectivity index (χ2v) is 5.22. The van der Waals surface area contributed by atoms with Crippen LogP contribution in [0.4, 0.5) is 0 Å². The third-order valence-electron chi connectivity index (χ3n) is 3.31. The molecule has 2 N–H and O–H groups in total. The van der Waals surface area contributed by atoms with Crippen LogP contribution >= 0.6 is 11.6 Å². The molecule has 19 heavy (non-hydrogen) atoms. The number of halogens is 1. The minimum atomic E-state index is -0.429. The van der Waals surface area contributed by atoms with Crippen molar-refractivity contribution in [2.24, 2.45) is 11.0 Å². The summed E-state index contributed by atoms with van der Waals surface area (Å²) in [7, 11) is 0. The predicted molar refractivity (Wildman–Crippen MR) is 75.7 cm³/mol. The first-order valence-electron chi connectivity index (χ1n) is 6.49. The van der Waals surface area contributed by atoms with Gasteiger partial charge in [-0.15, -0.1) is 0 Å². The molecule has 102 valence electrons. The van der Waals surface area contributed by atoms with Crippen molar-refractivity contribution >= 4 is 23.7 Å². The highest BCUT2D eigenvalue weighted by Gasteiger charge is 2.12. The van der Waals surface area contributed by atoms with Gasteiger partial charge in [0.05, 0.1) is 5.56 Å². The van der Waals surface area contributed by atoms with Crippen molar-refractivity contribution in [1.29, 1.82) is 0 Å². The molecule has 0 unspecified atom stereocenters. The third-order valence-corrected chi connectivity index (χ3v) is 3.54. The number of nitrogens with one attached hydrogen (secondary N) is 1. The number of nitrogens with zero attached hydrogens (tertiary/aromatic N) is 1. The molecule has 0 atom stereocenters. The van der Waals surface area contributed by atoms with E-state index >= 15 is 0 Å². The van der Waals surface area contributed by atoms with E-state index in [1.165, 1.54) is 31.4 Å². The van der Waals surface area contributed by atoms with Crippen LogP contribution in [0.3, 0.4) is 0 Å². The molecule has 1 fully saturated rings. The van der Waals surface area contributed by atoms with E-state index in [1.54, 1.807) is 12.3 Å². The van der Waals surface area contributed by atoms with Gasteiger partial charge in [0.15, 0.2) is 0 Å². The summed E-state index contributed by atoms with van der Waals surface area (Å²) in [6.07, 6.45) is 7.79. The summed E-state index contributed by atoms with van der Waals surface area (Å²) >= 11 is 5.71. The second-order valence-electron chi connectivity index (χ2n) is 4.78. The summed E-state index contributed by atoms with van der Waals surface area (Å²) in [5, 5.41) is 14.0. The molecule has 0 bridgehead atoms. The van der Waals surface area contributed by atoms with Gasteiger partial charge in [-0.2, -0.15) is 5.10 Å². The van der Waals surface area contributed by atoms with Gasteiger partial charge in [0.2, 0.25) is 0 Å². The third kappa shape index (κ3) is 3.96. The summed E-state index contributed by atoms with van der Waals surface area (Å²) in [5.74, 6) is -0.119. The molecule has 0 aromatic heterocycles. The molecule has 4 nitrogen and oxygen atoms in total. The van der Waals surface area contributed by atoms with E-state index in [0.717, 1.165) is 12.8 Å². The smallest absolute Gasteiger partial charge is 0.275 e. The van der Waals surface area contributed by atoms with Crippen LogP contribution in [-0.4, -0.2) is 17.2 Å². The number of carbonyl (C=O) groups is 1. The molecule has 1 aliphatic carbocycles. The van der Waals surface area contributed by atoms with Crippen LogP contribution in [0.15, 0.2) is 23.3 Å². The number of phenolic OH excluding ortho intramolecular Hbond substituents is 1. The fraction of sp³-hybridized carbons (Fsp3) is 0.429. The van der Waals surface area contributed by atoms with Crippen molar-refractivity contribution in [2.45, 2.75) is 32.1 Å². The Kier molecular flexibility index (Phi) is 4.80. The molecule has 0 saturated heterocycles. The highest BCUT2D eigenvalue weighted by atomic mass is 35.5. The monoisotopic (exact) mass is 280 g/mol. The lowest BCUT2D eigenvalue weighted by atomic mass is 9.90. The van der Waals surface area contributed by atoms with Crippen molar-refractivity contribution in [3.8, 4) is 5.75 Å². The Labute approximate surface area is 117 Å². The predicted octanol–water partition coefficient (Wildman–Crippen LogP) is 3.34. The minimum absolute atomic E-state index is 0.141. The number of phenols is 1. The van der Waals surface area contributed by atoms with Gasteiger partial charge in [-0.1, -0.05) is 30.9 Å². The van der Waals surface area contributed by atoms with Gasteiger partial charge in [-0.05, 0) is 37.0 Å². The minimum Gasteiger partial charge on any atom is -0.507 e. The summed E-state index contributed by atoms with van der Waals surface area (Å²) in [5.41, 5.74) is 2.61. The van der Waals surface area contributed by atoms with E-state index in [2.05, 4.69) is 10.5 Å². The normalized spacial score (nSPS) is 16.7. The molecular weight excluding hydrogens is 264 g/mol. The molecule has 0 heterocycles. The Balaban J connectivity index is 1.91. The summed E-state index contributed by atoms with van der Waals surface area (Å²) < 4.78 is 0. The zero-order valence-electron chi connectivity index (χ0n) is 10.6. The second kappa shape index (κ2) is 6.57. The topological polar surface area (TPSA) is 61.7 Å². The van der Waals surface area contributed by atoms with Gasteiger partial charge in [-0.3, -0.25) is 4.79 Å². The van der Waals surface area contributed by atoms with Crippen LogP contribution in [0.2, 0.25) is 5.02 Å². The van der Waals surface area contributed by atoms with Gasteiger partial charge in [0.1, 0.15) is 5.75 Å². The molecule has 1 aromatic carbocycles. The standard InChI is InChI=1S/C14H17ClN2O2/c15-11-6-7-12(13(18)8-11)14(19)17-16-9-10-4-2-1-3-5-10/h6-10,18H,1-5H2,(H,17,19). The summed E-state index contributed by atoms with van der Waals surface area (Å²) in [4.78, 5) is 11.8. The molecular formula is C14H17ClN2O2. The lowest BCUT2D eigenvalue weighted by molar-refractivity contribution is 0.0952. The van der Waals surface area contributed by atoms with Crippen LogP contribution in [0, 0.1) is 5.92 Å². The van der Waals surface area contributed by atoms with E-state index in [-0.39, 0.29) is 11.3 Å². The van der Waals surface area contributed by atoms with Crippen LogP contribution in [-0.2, 0) is 0 Å². The van der Waals surface area contributed by atoms with E-state index in [9.17, 15) is 9.90 Å². The van der Waals surface area contributed by atoms with Gasteiger partial charge >= 0.3 is 0 Å². The number of hydrogen-bond acceptors (Lipinski definition) is 3. The van der Waals surface area contributed by atoms with E-state index < -0.39 is 5.91 Å². The highest BCUT2D eigenvalue weighted by Crippen LogP contribution is 2.22. The Morgan fingerprint density at radius 1 is 1.37 bits per heavy atom. The maximum absolute atomic E-state index is 11.8. The van der Waals surface area contributed by atoms with E-state index in [0.29, 0.717) is 10.9 Å². The maximum Gasteiger partial charge on any atom is 0.275 e. The lowest BCUT2D eigenvalue weighted by Gasteiger charge is -2.16. The Morgan fingerprint density at radius 2 is 2.11 bits per heavy atom. The summed E-state index contributed by atoms with van der Waals surface area (Å²) in [6.45, 7) is 0. The highest BCUT2D eigenvalue weighted by molar-refractivity contribution is 6.30. The van der Waals surface area contributed by atoms with Crippen LogP contribution < -0.4 is 5.43 Å². The maximum atomic E-state index is 11.8. The summed E-state index contributed by atoms with van der Waals surface area (Å²) in [6, 6.07) is 4.37. The Bertz CT molecular complexity index is 482. The molecule has 0 radical (unpaired) electrons. The Hall–Kier alpha value is -1.55. The number of hydrazone groups is 1. The SMILES string of the molecule is O=C(NN=CC1CCCCC1)c1ccc(Cl)cc1O. The zero-order valence-corrected chi connectivity index (χ0v) is 11.4. The molecule has 2 rings (SSSR count). The first-order chi connectivity index (χ1) is 9.16. The number of hydrogen-bond donors (Lipinski definition) is 2. The largest absolute Gasteiger partial charge is 0.507 e. The quantitative estimate of drug-likeness (QED) is 0.659. The van der Waals surface area contributed by atoms with Gasteiger partial charge in [-0.25, -0.2) is 5.43 Å². The number of benzene rings is 1. The lowest BCUT2D eigenvalue weighted by Crippen LogP contribution is -2.19. The van der Waals surface area contributed by atoms with Gasteiger partial charge < -0.3 is 5.11 Å². The van der Waals surface area contributed by atoms with Gasteiger partial charge in [0.25, 0.3) is 5.91 Å². The van der Waals surface area contributed by atoms with Crippen molar-refractivity contribution in [1.82, 2.24) is 5.43 Å². The molecule has 0 spiro atoms. The van der Waals surface area contributed by atoms with Crippen molar-refractivity contribution < 1.29 is 9.90 Å². The molecule has 5 heteroatoms. The number of rotatable bonds is 3. The number of carbonyl (C=O) groups excluding carboxylic acids is 1. The molecule has 1 aromatic rings. The fourth-order valence-corrected chi connectivity index (χ4v) is 2.41. The van der Waals surface area contributed by atoms with E-state index in [4.69, 9.17) is 11.6 Å². The molecule has 1 amide bonds. The van der Waals surface area contributed by atoms with Crippen molar-refractivity contribution in [3.63, 3.8) is 0 Å². The first kappa shape index (κ1) is 13.9.